The van der Waals surface area contributed by atoms with Gasteiger partial charge in [-0.05, 0) is 68.7 Å². The van der Waals surface area contributed by atoms with Gasteiger partial charge >= 0.3 is 11.9 Å². The molecule has 0 fully saturated rings. The summed E-state index contributed by atoms with van der Waals surface area (Å²) in [6.45, 7) is 25.3. The van der Waals surface area contributed by atoms with Gasteiger partial charge in [-0.3, -0.25) is 0 Å². The monoisotopic (exact) mass is 634 g/mol. The van der Waals surface area contributed by atoms with Gasteiger partial charge < -0.3 is 14.6 Å². The average Bonchev–Trinajstić information content (AvgIpc) is 2.95. The van der Waals surface area contributed by atoms with E-state index in [9.17, 15) is 14.7 Å². The van der Waals surface area contributed by atoms with Gasteiger partial charge in [0, 0.05) is 22.8 Å². The van der Waals surface area contributed by atoms with Crippen molar-refractivity contribution in [2.75, 3.05) is 0 Å². The zero-order chi connectivity index (χ0) is 35.1. The summed E-state index contributed by atoms with van der Waals surface area (Å²) in [5.74, 6) is -0.392. The van der Waals surface area contributed by atoms with E-state index in [4.69, 9.17) is 9.47 Å². The minimum Gasteiger partial charge on any atom is -0.507 e. The minimum atomic E-state index is -0.567. The van der Waals surface area contributed by atoms with E-state index in [1.165, 1.54) is 11.6 Å². The van der Waals surface area contributed by atoms with Gasteiger partial charge in [-0.15, -0.1) is 0 Å². The molecule has 0 radical (unpaired) electrons. The van der Waals surface area contributed by atoms with Gasteiger partial charge in [-0.2, -0.15) is 0 Å². The Morgan fingerprint density at radius 3 is 1.62 bits per heavy atom. The molecule has 0 spiro atoms. The summed E-state index contributed by atoms with van der Waals surface area (Å²) < 4.78 is 11.7. The second kappa shape index (κ2) is 12.7. The summed E-state index contributed by atoms with van der Waals surface area (Å²) in [5.41, 5.74) is 4.57. The number of phenols is 1. The molecular weight excluding hydrogens is 584 g/mol. The molecule has 0 unspecified atom stereocenters. The SMILES string of the molecule is CC(C)(C)c1ccc(-c2c(C(=O)Oc3cccc(OC(=O)c4ccccc4)c3)cc(C(C)(C)C)c(O)c2C(C)(C)C)c(C(C)(C)C)c1. The van der Waals surface area contributed by atoms with Crippen molar-refractivity contribution >= 4 is 11.9 Å². The van der Waals surface area contributed by atoms with Gasteiger partial charge in [0.15, 0.2) is 0 Å². The smallest absolute Gasteiger partial charge is 0.344 e. The summed E-state index contributed by atoms with van der Waals surface area (Å²) in [7, 11) is 0. The zero-order valence-electron chi connectivity index (χ0n) is 30.1. The van der Waals surface area contributed by atoms with Crippen molar-refractivity contribution in [1.82, 2.24) is 0 Å². The van der Waals surface area contributed by atoms with E-state index in [1.54, 1.807) is 48.5 Å². The van der Waals surface area contributed by atoms with Crippen molar-refractivity contribution in [3.8, 4) is 28.4 Å². The summed E-state index contributed by atoms with van der Waals surface area (Å²) in [4.78, 5) is 27.1. The van der Waals surface area contributed by atoms with Crippen LogP contribution in [0.1, 0.15) is 126 Å². The molecule has 0 aliphatic carbocycles. The standard InChI is InChI=1S/C42H50O5/c1-39(2,3)27-21-22-30(32(23-27)40(4,5)6)34-31(25-33(41(7,8)9)36(43)35(34)42(10,11)12)38(45)47-29-20-16-19-28(24-29)46-37(44)26-17-14-13-15-18-26/h13-25,43H,1-12H3. The van der Waals surface area contributed by atoms with Crippen LogP contribution < -0.4 is 9.47 Å². The highest BCUT2D eigenvalue weighted by Crippen LogP contribution is 2.49. The van der Waals surface area contributed by atoms with E-state index in [0.717, 1.165) is 11.1 Å². The Hall–Kier alpha value is -4.38. The van der Waals surface area contributed by atoms with Crippen LogP contribution in [-0.2, 0) is 21.7 Å². The van der Waals surface area contributed by atoms with Crippen LogP contribution in [-0.4, -0.2) is 17.0 Å². The Kier molecular flexibility index (Phi) is 9.56. The van der Waals surface area contributed by atoms with Crippen LogP contribution in [0.3, 0.4) is 0 Å². The quantitative estimate of drug-likeness (QED) is 0.175. The van der Waals surface area contributed by atoms with E-state index in [1.807, 2.05) is 26.8 Å². The molecule has 4 aromatic carbocycles. The molecule has 0 aliphatic heterocycles. The van der Waals surface area contributed by atoms with Crippen LogP contribution in [0.15, 0.2) is 78.9 Å². The number of hydrogen-bond acceptors (Lipinski definition) is 5. The number of aromatic hydroxyl groups is 1. The molecule has 0 saturated carbocycles. The Morgan fingerprint density at radius 2 is 1.11 bits per heavy atom. The van der Waals surface area contributed by atoms with Crippen molar-refractivity contribution in [2.45, 2.75) is 105 Å². The van der Waals surface area contributed by atoms with E-state index in [2.05, 4.69) is 80.5 Å². The zero-order valence-corrected chi connectivity index (χ0v) is 30.1. The highest BCUT2D eigenvalue weighted by atomic mass is 16.5. The van der Waals surface area contributed by atoms with Crippen LogP contribution in [0.5, 0.6) is 17.2 Å². The Balaban J connectivity index is 1.94. The molecule has 0 amide bonds. The summed E-state index contributed by atoms with van der Waals surface area (Å²) in [5, 5.41) is 12.0. The molecule has 0 saturated heterocycles. The van der Waals surface area contributed by atoms with Crippen molar-refractivity contribution in [1.29, 1.82) is 0 Å². The number of esters is 2. The lowest BCUT2D eigenvalue weighted by atomic mass is 9.71. The molecule has 5 nitrogen and oxygen atoms in total. The van der Waals surface area contributed by atoms with Crippen LogP contribution in [0.25, 0.3) is 11.1 Å². The first kappa shape index (κ1) is 35.5. The minimum absolute atomic E-state index is 0.0830. The maximum atomic E-state index is 14.4. The number of ether oxygens (including phenoxy) is 2. The second-order valence-corrected chi connectivity index (χ2v) is 16.5. The summed E-state index contributed by atoms with van der Waals surface area (Å²) >= 11 is 0. The van der Waals surface area contributed by atoms with Gasteiger partial charge in [0.25, 0.3) is 0 Å². The number of rotatable bonds is 5. The third-order valence-corrected chi connectivity index (χ3v) is 8.28. The molecule has 0 heterocycles. The van der Waals surface area contributed by atoms with Gasteiger partial charge in [-0.1, -0.05) is 126 Å². The summed E-state index contributed by atoms with van der Waals surface area (Å²) in [6, 6.07) is 23.5. The number of phenolic OH excluding ortho intramolecular Hbond substituents is 1. The highest BCUT2D eigenvalue weighted by Gasteiger charge is 2.35. The molecule has 0 aromatic heterocycles. The molecule has 47 heavy (non-hydrogen) atoms. The maximum absolute atomic E-state index is 14.4. The predicted octanol–water partition coefficient (Wildman–Crippen LogP) is 10.7. The third-order valence-electron chi connectivity index (χ3n) is 8.28. The third kappa shape index (κ3) is 7.96. The molecule has 0 atom stereocenters. The average molecular weight is 635 g/mol. The lowest BCUT2D eigenvalue weighted by Gasteiger charge is -2.34. The molecule has 4 aromatic rings. The Morgan fingerprint density at radius 1 is 0.553 bits per heavy atom. The van der Waals surface area contributed by atoms with Crippen molar-refractivity contribution in [2.24, 2.45) is 0 Å². The van der Waals surface area contributed by atoms with Crippen LogP contribution in [0, 0.1) is 0 Å². The van der Waals surface area contributed by atoms with Crippen LogP contribution in [0.2, 0.25) is 0 Å². The highest BCUT2D eigenvalue weighted by molar-refractivity contribution is 6.01. The predicted molar refractivity (Wildman–Crippen MR) is 191 cm³/mol. The Bertz CT molecular complexity index is 1790. The summed E-state index contributed by atoms with van der Waals surface area (Å²) in [6.07, 6.45) is 0. The largest absolute Gasteiger partial charge is 0.507 e. The molecule has 248 valence electrons. The van der Waals surface area contributed by atoms with Gasteiger partial charge in [-0.25, -0.2) is 9.59 Å². The lowest BCUT2D eigenvalue weighted by Crippen LogP contribution is -2.24. The first-order chi connectivity index (χ1) is 21.6. The van der Waals surface area contributed by atoms with Gasteiger partial charge in [0.1, 0.15) is 17.2 Å². The van der Waals surface area contributed by atoms with E-state index >= 15 is 0 Å². The van der Waals surface area contributed by atoms with Crippen molar-refractivity contribution < 1.29 is 24.2 Å². The van der Waals surface area contributed by atoms with Gasteiger partial charge in [0.2, 0.25) is 0 Å². The number of hydrogen-bond donors (Lipinski definition) is 1. The molecule has 1 N–H and O–H groups in total. The first-order valence-electron chi connectivity index (χ1n) is 16.2. The number of carbonyl (C=O) groups is 2. The normalized spacial score (nSPS) is 12.5. The Labute approximate surface area is 281 Å². The van der Waals surface area contributed by atoms with Gasteiger partial charge in [0.05, 0.1) is 11.1 Å². The van der Waals surface area contributed by atoms with Crippen LogP contribution >= 0.6 is 0 Å². The fourth-order valence-corrected chi connectivity index (χ4v) is 5.77. The number of carbonyl (C=O) groups excluding carboxylic acids is 2. The van der Waals surface area contributed by atoms with E-state index in [0.29, 0.717) is 27.8 Å². The fourth-order valence-electron chi connectivity index (χ4n) is 5.77. The molecular formula is C42H50O5. The number of benzene rings is 4. The lowest BCUT2D eigenvalue weighted by molar-refractivity contribution is 0.0733. The van der Waals surface area contributed by atoms with Crippen LogP contribution in [0.4, 0.5) is 0 Å². The van der Waals surface area contributed by atoms with Crippen molar-refractivity contribution in [3.05, 3.63) is 112 Å². The molecule has 4 rings (SSSR count). The fraction of sp³-hybridized carbons (Fsp3) is 0.381. The van der Waals surface area contributed by atoms with E-state index in [-0.39, 0.29) is 28.1 Å². The second-order valence-electron chi connectivity index (χ2n) is 16.5. The molecule has 5 heteroatoms. The first-order valence-corrected chi connectivity index (χ1v) is 16.2. The molecule has 0 bridgehead atoms. The van der Waals surface area contributed by atoms with Crippen molar-refractivity contribution in [3.63, 3.8) is 0 Å². The molecule has 0 aliphatic rings. The van der Waals surface area contributed by atoms with E-state index < -0.39 is 22.8 Å². The maximum Gasteiger partial charge on any atom is 0.344 e. The topological polar surface area (TPSA) is 72.8 Å².